The van der Waals surface area contributed by atoms with Crippen molar-refractivity contribution >= 4 is 11.9 Å². The number of allylic oxidation sites excluding steroid dienone is 9. The summed E-state index contributed by atoms with van der Waals surface area (Å²) in [4.78, 5) is 24.5. The Morgan fingerprint density at radius 2 is 0.694 bits per heavy atom. The summed E-state index contributed by atoms with van der Waals surface area (Å²) in [6.45, 7) is 4.87. The van der Waals surface area contributed by atoms with E-state index in [1.807, 2.05) is 6.08 Å². The zero-order chi connectivity index (χ0) is 52.2. The standard InChI is InChI=1S/C66H121NO5/c1-3-5-7-9-11-13-15-17-19-27-31-34-38-42-46-50-54-58-64(69)63(62-68)67-65(70)59-55-51-47-43-39-35-32-28-25-23-21-20-22-24-26-29-33-37-41-45-49-53-57-61-72-66(71)60-56-52-48-44-40-36-30-18-16-14-12-10-8-6-4-2/h12,14,18,20,22-23,25,30,54,58,63-64,68-69H,3-11,13,15-17,19,21,24,26-29,31-53,55-57,59-62H2,1-2H3,(H,67,70)/b14-12-,22-20-,25-23-,30-18-,58-54+. The Labute approximate surface area is 448 Å². The maximum Gasteiger partial charge on any atom is 0.305 e. The number of ether oxygens (including phenoxy) is 1. The maximum absolute atomic E-state index is 12.5. The predicted octanol–water partition coefficient (Wildman–Crippen LogP) is 19.9. The molecule has 0 saturated carbocycles. The van der Waals surface area contributed by atoms with Gasteiger partial charge in [-0.05, 0) is 96.3 Å². The molecule has 72 heavy (non-hydrogen) atoms. The number of aliphatic hydroxyl groups excluding tert-OH is 2. The lowest BCUT2D eigenvalue weighted by Crippen LogP contribution is -2.45. The predicted molar refractivity (Wildman–Crippen MR) is 315 cm³/mol. The highest BCUT2D eigenvalue weighted by molar-refractivity contribution is 5.76. The summed E-state index contributed by atoms with van der Waals surface area (Å²) < 4.78 is 5.47. The van der Waals surface area contributed by atoms with Gasteiger partial charge in [-0.15, -0.1) is 0 Å². The third kappa shape index (κ3) is 56.8. The summed E-state index contributed by atoms with van der Waals surface area (Å²) >= 11 is 0. The van der Waals surface area contributed by atoms with Gasteiger partial charge < -0.3 is 20.3 Å². The van der Waals surface area contributed by atoms with Crippen molar-refractivity contribution < 1.29 is 24.5 Å². The zero-order valence-corrected chi connectivity index (χ0v) is 47.9. The molecule has 0 aromatic rings. The normalized spacial score (nSPS) is 13.0. The van der Waals surface area contributed by atoms with Crippen LogP contribution in [0.15, 0.2) is 60.8 Å². The summed E-state index contributed by atoms with van der Waals surface area (Å²) in [5, 5.41) is 23.2. The number of amides is 1. The molecule has 0 aliphatic carbocycles. The minimum absolute atomic E-state index is 0.00801. The first-order valence-electron chi connectivity index (χ1n) is 31.6. The number of nitrogens with one attached hydrogen (secondary N) is 1. The fraction of sp³-hybridized carbons (Fsp3) is 0.818. The molecule has 2 atom stereocenters. The molecule has 0 fully saturated rings. The van der Waals surface area contributed by atoms with Crippen molar-refractivity contribution in [2.75, 3.05) is 13.2 Å². The van der Waals surface area contributed by atoms with E-state index in [-0.39, 0.29) is 18.5 Å². The van der Waals surface area contributed by atoms with E-state index in [0.29, 0.717) is 19.4 Å². The van der Waals surface area contributed by atoms with E-state index in [4.69, 9.17) is 4.74 Å². The van der Waals surface area contributed by atoms with Crippen LogP contribution in [0.4, 0.5) is 0 Å². The molecule has 6 heteroatoms. The minimum atomic E-state index is -0.853. The molecule has 0 radical (unpaired) electrons. The topological polar surface area (TPSA) is 95.9 Å². The second-order valence-electron chi connectivity index (χ2n) is 21.4. The number of hydrogen-bond donors (Lipinski definition) is 3. The Hall–Kier alpha value is -2.44. The highest BCUT2D eigenvalue weighted by Gasteiger charge is 2.18. The molecule has 1 amide bonds. The number of esters is 1. The fourth-order valence-corrected chi connectivity index (χ4v) is 9.40. The van der Waals surface area contributed by atoms with Crippen molar-refractivity contribution in [3.8, 4) is 0 Å². The van der Waals surface area contributed by atoms with Gasteiger partial charge in [-0.2, -0.15) is 0 Å². The number of unbranched alkanes of at least 4 members (excludes halogenated alkanes) is 39. The van der Waals surface area contributed by atoms with Crippen LogP contribution in [-0.4, -0.2) is 47.4 Å². The molecule has 2 unspecified atom stereocenters. The third-order valence-corrected chi connectivity index (χ3v) is 14.3. The molecule has 6 nitrogen and oxygen atoms in total. The van der Waals surface area contributed by atoms with Crippen LogP contribution in [0.1, 0.15) is 322 Å². The maximum atomic E-state index is 12.5. The lowest BCUT2D eigenvalue weighted by atomic mass is 10.0. The van der Waals surface area contributed by atoms with Gasteiger partial charge in [-0.3, -0.25) is 9.59 Å². The zero-order valence-electron chi connectivity index (χ0n) is 47.9. The first-order chi connectivity index (χ1) is 35.5. The Morgan fingerprint density at radius 1 is 0.389 bits per heavy atom. The van der Waals surface area contributed by atoms with E-state index in [2.05, 4.69) is 67.8 Å². The summed E-state index contributed by atoms with van der Waals surface area (Å²) in [6.07, 6.45) is 79.7. The molecule has 0 spiro atoms. The van der Waals surface area contributed by atoms with E-state index in [0.717, 1.165) is 70.6 Å². The van der Waals surface area contributed by atoms with Crippen LogP contribution in [0, 0.1) is 0 Å². The molecular formula is C66H121NO5. The van der Waals surface area contributed by atoms with E-state index < -0.39 is 12.1 Å². The van der Waals surface area contributed by atoms with Gasteiger partial charge in [0.15, 0.2) is 0 Å². The smallest absolute Gasteiger partial charge is 0.305 e. The van der Waals surface area contributed by atoms with Crippen LogP contribution in [0.25, 0.3) is 0 Å². The van der Waals surface area contributed by atoms with E-state index in [1.165, 1.54) is 225 Å². The van der Waals surface area contributed by atoms with Crippen molar-refractivity contribution in [2.24, 2.45) is 0 Å². The number of hydrogen-bond acceptors (Lipinski definition) is 5. The van der Waals surface area contributed by atoms with E-state index in [1.54, 1.807) is 6.08 Å². The van der Waals surface area contributed by atoms with Crippen LogP contribution in [0.2, 0.25) is 0 Å². The number of rotatable bonds is 58. The Balaban J connectivity index is 3.49. The van der Waals surface area contributed by atoms with Crippen molar-refractivity contribution in [1.29, 1.82) is 0 Å². The van der Waals surface area contributed by atoms with Gasteiger partial charge in [0.25, 0.3) is 0 Å². The van der Waals surface area contributed by atoms with Crippen LogP contribution in [-0.2, 0) is 14.3 Å². The molecule has 0 aliphatic heterocycles. The molecule has 0 saturated heterocycles. The van der Waals surface area contributed by atoms with Crippen molar-refractivity contribution in [3.05, 3.63) is 60.8 Å². The molecule has 0 heterocycles. The lowest BCUT2D eigenvalue weighted by Gasteiger charge is -2.20. The quantitative estimate of drug-likeness (QED) is 0.0320. The summed E-state index contributed by atoms with van der Waals surface area (Å²) in [7, 11) is 0. The first-order valence-corrected chi connectivity index (χ1v) is 31.6. The van der Waals surface area contributed by atoms with Crippen LogP contribution >= 0.6 is 0 Å². The molecule has 0 bridgehead atoms. The number of aliphatic hydroxyl groups is 2. The molecule has 0 aromatic carbocycles. The summed E-state index contributed by atoms with van der Waals surface area (Å²) in [5.74, 6) is -0.0859. The molecule has 0 aromatic heterocycles. The van der Waals surface area contributed by atoms with E-state index >= 15 is 0 Å². The van der Waals surface area contributed by atoms with Crippen molar-refractivity contribution in [1.82, 2.24) is 5.32 Å². The van der Waals surface area contributed by atoms with Gasteiger partial charge in [0.1, 0.15) is 0 Å². The average Bonchev–Trinajstić information content (AvgIpc) is 3.38. The van der Waals surface area contributed by atoms with Gasteiger partial charge in [-0.1, -0.05) is 274 Å². The van der Waals surface area contributed by atoms with Crippen molar-refractivity contribution in [3.63, 3.8) is 0 Å². The average molecular weight is 1010 g/mol. The highest BCUT2D eigenvalue weighted by atomic mass is 16.5. The van der Waals surface area contributed by atoms with Gasteiger partial charge in [0.05, 0.1) is 25.4 Å². The molecule has 420 valence electrons. The number of carbonyl (C=O) groups excluding carboxylic acids is 2. The monoisotopic (exact) mass is 1010 g/mol. The largest absolute Gasteiger partial charge is 0.466 e. The molecule has 3 N–H and O–H groups in total. The summed E-state index contributed by atoms with van der Waals surface area (Å²) in [6, 6.07) is -0.637. The summed E-state index contributed by atoms with van der Waals surface area (Å²) in [5.41, 5.74) is 0. The lowest BCUT2D eigenvalue weighted by molar-refractivity contribution is -0.143. The van der Waals surface area contributed by atoms with Crippen molar-refractivity contribution in [2.45, 2.75) is 334 Å². The van der Waals surface area contributed by atoms with Crippen LogP contribution in [0.5, 0.6) is 0 Å². The van der Waals surface area contributed by atoms with Crippen LogP contribution in [0.3, 0.4) is 0 Å². The second kappa shape index (κ2) is 61.1. The van der Waals surface area contributed by atoms with Gasteiger partial charge in [-0.25, -0.2) is 0 Å². The Kier molecular flexibility index (Phi) is 59.0. The fourth-order valence-electron chi connectivity index (χ4n) is 9.40. The second-order valence-corrected chi connectivity index (χ2v) is 21.4. The van der Waals surface area contributed by atoms with Gasteiger partial charge >= 0.3 is 5.97 Å². The van der Waals surface area contributed by atoms with Gasteiger partial charge in [0.2, 0.25) is 5.91 Å². The third-order valence-electron chi connectivity index (χ3n) is 14.3. The first kappa shape index (κ1) is 69.6. The highest BCUT2D eigenvalue weighted by Crippen LogP contribution is 2.16. The number of carbonyl (C=O) groups is 2. The minimum Gasteiger partial charge on any atom is -0.466 e. The Bertz CT molecular complexity index is 1250. The molecule has 0 rings (SSSR count). The Morgan fingerprint density at radius 3 is 1.08 bits per heavy atom. The molecular weight excluding hydrogens is 887 g/mol. The van der Waals surface area contributed by atoms with E-state index in [9.17, 15) is 19.8 Å². The SMILES string of the molecule is CCCCC/C=C\C/C=C\CCCCCCCC(=O)OCCCCCCCCCCC/C=C\C/C=C\CCCCCCCCCC(=O)NC(CO)C(O)/C=C/CCCCCCCCCCCCCCCCC. The molecule has 0 aliphatic rings. The van der Waals surface area contributed by atoms with Crippen LogP contribution < -0.4 is 5.32 Å². The van der Waals surface area contributed by atoms with Gasteiger partial charge in [0, 0.05) is 12.8 Å².